The van der Waals surface area contributed by atoms with Crippen molar-refractivity contribution in [2.24, 2.45) is 7.05 Å². The van der Waals surface area contributed by atoms with E-state index in [1.54, 1.807) is 12.1 Å². The lowest BCUT2D eigenvalue weighted by Crippen LogP contribution is -2.28. The smallest absolute Gasteiger partial charge is 0.416 e. The van der Waals surface area contributed by atoms with Crippen LogP contribution in [-0.2, 0) is 13.2 Å². The number of rotatable bonds is 2. The summed E-state index contributed by atoms with van der Waals surface area (Å²) in [6, 6.07) is 8.33. The lowest BCUT2D eigenvalue weighted by atomic mass is 10.1. The molecule has 3 rings (SSSR count). The predicted molar refractivity (Wildman–Crippen MR) is 95.3 cm³/mol. The van der Waals surface area contributed by atoms with E-state index in [9.17, 15) is 27.9 Å². The lowest BCUT2D eigenvalue weighted by molar-refractivity contribution is -0.137. The van der Waals surface area contributed by atoms with Crippen molar-refractivity contribution in [2.75, 3.05) is 5.32 Å². The maximum Gasteiger partial charge on any atom is 0.416 e. The number of nitrogens with one attached hydrogen (secondary N) is 1. The Morgan fingerprint density at radius 3 is 2.37 bits per heavy atom. The molecule has 3 aromatic rings. The van der Waals surface area contributed by atoms with E-state index < -0.39 is 34.5 Å². The van der Waals surface area contributed by atoms with Gasteiger partial charge in [-0.15, -0.1) is 0 Å². The van der Waals surface area contributed by atoms with Crippen LogP contribution in [0.4, 0.5) is 18.9 Å². The van der Waals surface area contributed by atoms with E-state index in [0.29, 0.717) is 5.52 Å². The molecule has 0 atom stereocenters. The van der Waals surface area contributed by atoms with Gasteiger partial charge in [-0.1, -0.05) is 17.7 Å². The van der Waals surface area contributed by atoms with Crippen LogP contribution in [0.5, 0.6) is 5.75 Å². The van der Waals surface area contributed by atoms with Gasteiger partial charge in [-0.2, -0.15) is 13.2 Å². The van der Waals surface area contributed by atoms with Crippen LogP contribution in [0.3, 0.4) is 0 Å². The number of fused-ring (bicyclic) bond motifs is 1. The third kappa shape index (κ3) is 3.35. The molecule has 27 heavy (non-hydrogen) atoms. The second-order valence-corrected chi connectivity index (χ2v) is 6.16. The molecule has 1 aromatic heterocycles. The summed E-state index contributed by atoms with van der Waals surface area (Å²) in [5, 5.41) is 13.0. The highest BCUT2D eigenvalue weighted by molar-refractivity contribution is 6.36. The molecule has 2 aromatic carbocycles. The fourth-order valence-corrected chi connectivity index (χ4v) is 2.93. The van der Waals surface area contributed by atoms with Gasteiger partial charge >= 0.3 is 6.18 Å². The number of anilines is 1. The molecule has 2 N–H and O–H groups in total. The van der Waals surface area contributed by atoms with Gasteiger partial charge in [-0.25, -0.2) is 0 Å². The van der Waals surface area contributed by atoms with E-state index in [-0.39, 0.29) is 16.1 Å². The molecular weight excluding hydrogens is 385 g/mol. The zero-order valence-corrected chi connectivity index (χ0v) is 14.5. The van der Waals surface area contributed by atoms with Crippen LogP contribution in [0.1, 0.15) is 15.9 Å². The molecule has 0 aliphatic heterocycles. The molecule has 1 amide bonds. The number of carbonyl (C=O) groups is 1. The number of hydrogen-bond donors (Lipinski definition) is 2. The minimum absolute atomic E-state index is 0.0358. The Morgan fingerprint density at radius 1 is 1.15 bits per heavy atom. The Balaban J connectivity index is 2.04. The lowest BCUT2D eigenvalue weighted by Gasteiger charge is -2.13. The number of aryl methyl sites for hydroxylation is 1. The van der Waals surface area contributed by atoms with Crippen LogP contribution < -0.4 is 10.9 Å². The second-order valence-electron chi connectivity index (χ2n) is 5.75. The van der Waals surface area contributed by atoms with E-state index in [4.69, 9.17) is 11.6 Å². The standard InChI is InChI=1S/C18H12ClF3N2O3/c1-24-12-4-2-3-11(19)13(12)15(25)14(17(24)27)16(26)23-10-7-5-9(6-8-10)18(20,21)22/h2-8,25H,1H3,(H,23,26). The Hall–Kier alpha value is -3.00. The molecule has 1 heterocycles. The molecule has 0 saturated heterocycles. The first-order chi connectivity index (χ1) is 12.6. The molecule has 5 nitrogen and oxygen atoms in total. The minimum atomic E-state index is -4.51. The van der Waals surface area contributed by atoms with Gasteiger partial charge in [-0.05, 0) is 36.4 Å². The molecule has 0 unspecified atom stereocenters. The first-order valence-corrected chi connectivity index (χ1v) is 7.98. The fourth-order valence-electron chi connectivity index (χ4n) is 2.67. The van der Waals surface area contributed by atoms with Crippen molar-refractivity contribution in [3.8, 4) is 5.75 Å². The molecule has 0 aliphatic rings. The Kier molecular flexibility index (Phi) is 4.61. The summed E-state index contributed by atoms with van der Waals surface area (Å²) in [7, 11) is 1.41. The van der Waals surface area contributed by atoms with Gasteiger partial charge in [0.2, 0.25) is 0 Å². The van der Waals surface area contributed by atoms with Crippen LogP contribution >= 0.6 is 11.6 Å². The largest absolute Gasteiger partial charge is 0.506 e. The molecule has 0 saturated carbocycles. The number of carbonyl (C=O) groups excluding carboxylic acids is 1. The van der Waals surface area contributed by atoms with E-state index in [2.05, 4.69) is 5.32 Å². The highest BCUT2D eigenvalue weighted by Crippen LogP contribution is 2.33. The number of amides is 1. The third-order valence-electron chi connectivity index (χ3n) is 4.04. The van der Waals surface area contributed by atoms with Crippen molar-refractivity contribution in [1.29, 1.82) is 0 Å². The Morgan fingerprint density at radius 2 is 1.78 bits per heavy atom. The number of aromatic nitrogens is 1. The quantitative estimate of drug-likeness (QED) is 0.683. The molecule has 0 radical (unpaired) electrons. The number of alkyl halides is 3. The van der Waals surface area contributed by atoms with Crippen molar-refractivity contribution in [2.45, 2.75) is 6.18 Å². The van der Waals surface area contributed by atoms with Gasteiger partial charge in [0.1, 0.15) is 11.3 Å². The maximum absolute atomic E-state index is 12.6. The number of benzene rings is 2. The third-order valence-corrected chi connectivity index (χ3v) is 4.36. The van der Waals surface area contributed by atoms with Crippen LogP contribution in [0.2, 0.25) is 5.02 Å². The van der Waals surface area contributed by atoms with Crippen molar-refractivity contribution in [1.82, 2.24) is 4.57 Å². The minimum Gasteiger partial charge on any atom is -0.506 e. The van der Waals surface area contributed by atoms with Crippen molar-refractivity contribution in [3.05, 3.63) is 69.0 Å². The number of hydrogen-bond acceptors (Lipinski definition) is 3. The van der Waals surface area contributed by atoms with Crippen molar-refractivity contribution in [3.63, 3.8) is 0 Å². The topological polar surface area (TPSA) is 71.3 Å². The zero-order chi connectivity index (χ0) is 19.9. The van der Waals surface area contributed by atoms with Crippen LogP contribution in [0, 0.1) is 0 Å². The van der Waals surface area contributed by atoms with E-state index in [1.165, 1.54) is 13.1 Å². The van der Waals surface area contributed by atoms with Crippen LogP contribution in [0.15, 0.2) is 47.3 Å². The van der Waals surface area contributed by atoms with E-state index in [0.717, 1.165) is 28.8 Å². The summed E-state index contributed by atoms with van der Waals surface area (Å²) in [4.78, 5) is 25.0. The van der Waals surface area contributed by atoms with E-state index in [1.807, 2.05) is 0 Å². The second kappa shape index (κ2) is 6.62. The summed E-state index contributed by atoms with van der Waals surface area (Å²) in [5.41, 5.74) is -1.84. The Labute approximate surface area is 155 Å². The number of pyridine rings is 1. The predicted octanol–water partition coefficient (Wildman–Crippen LogP) is 4.17. The average molecular weight is 397 g/mol. The van der Waals surface area contributed by atoms with Gasteiger partial charge in [0.15, 0.2) is 0 Å². The number of halogens is 4. The van der Waals surface area contributed by atoms with Crippen molar-refractivity contribution < 1.29 is 23.1 Å². The summed E-state index contributed by atoms with van der Waals surface area (Å²) in [5.74, 6) is -1.56. The summed E-state index contributed by atoms with van der Waals surface area (Å²) >= 11 is 6.07. The molecule has 0 bridgehead atoms. The molecule has 0 spiro atoms. The van der Waals surface area contributed by atoms with Gasteiger partial charge in [0.05, 0.1) is 21.5 Å². The van der Waals surface area contributed by atoms with E-state index >= 15 is 0 Å². The molecule has 9 heteroatoms. The van der Waals surface area contributed by atoms with Crippen LogP contribution in [0.25, 0.3) is 10.9 Å². The van der Waals surface area contributed by atoms with Crippen LogP contribution in [-0.4, -0.2) is 15.6 Å². The SMILES string of the molecule is Cn1c(=O)c(C(=O)Nc2ccc(C(F)(F)F)cc2)c(O)c2c(Cl)cccc21. The molecular formula is C18H12ClF3N2O3. The highest BCUT2D eigenvalue weighted by atomic mass is 35.5. The van der Waals surface area contributed by atoms with Gasteiger partial charge in [0, 0.05) is 12.7 Å². The average Bonchev–Trinajstić information content (AvgIpc) is 2.59. The Bertz CT molecular complexity index is 1110. The molecule has 140 valence electrons. The number of nitrogens with zero attached hydrogens (tertiary/aromatic N) is 1. The summed E-state index contributed by atoms with van der Waals surface area (Å²) < 4.78 is 39.0. The first-order valence-electron chi connectivity index (χ1n) is 7.60. The normalized spacial score (nSPS) is 11.6. The molecule has 0 fully saturated rings. The first kappa shape index (κ1) is 18.8. The summed E-state index contributed by atoms with van der Waals surface area (Å²) in [6.45, 7) is 0. The monoisotopic (exact) mass is 396 g/mol. The van der Waals surface area contributed by atoms with Gasteiger partial charge in [0.25, 0.3) is 11.5 Å². The maximum atomic E-state index is 12.6. The van der Waals surface area contributed by atoms with Gasteiger partial charge in [-0.3, -0.25) is 9.59 Å². The summed E-state index contributed by atoms with van der Waals surface area (Å²) in [6.07, 6.45) is -4.51. The highest BCUT2D eigenvalue weighted by Gasteiger charge is 2.30. The van der Waals surface area contributed by atoms with Gasteiger partial charge < -0.3 is 15.0 Å². The fraction of sp³-hybridized carbons (Fsp3) is 0.111. The van der Waals surface area contributed by atoms with Crippen molar-refractivity contribution >= 4 is 34.1 Å². The number of aromatic hydroxyl groups is 1. The zero-order valence-electron chi connectivity index (χ0n) is 13.8. The molecule has 0 aliphatic carbocycles.